The lowest BCUT2D eigenvalue weighted by molar-refractivity contribution is 0.122. The smallest absolute Gasteiger partial charge is 0.388 e. The summed E-state index contributed by atoms with van der Waals surface area (Å²) in [6, 6.07) is 1.58. The normalized spacial score (nSPS) is 14.9. The van der Waals surface area contributed by atoms with E-state index in [1.807, 2.05) is 0 Å². The van der Waals surface area contributed by atoms with Crippen LogP contribution in [0.1, 0.15) is 19.3 Å². The van der Waals surface area contributed by atoms with Crippen LogP contribution in [0, 0.1) is 0 Å². The van der Waals surface area contributed by atoms with E-state index in [0.717, 1.165) is 50.1 Å². The van der Waals surface area contributed by atoms with E-state index in [4.69, 9.17) is 26.6 Å². The van der Waals surface area contributed by atoms with Gasteiger partial charge in [-0.25, -0.2) is 0 Å². The second-order valence-corrected chi connectivity index (χ2v) is 12.4. The molecule has 0 heterocycles. The third kappa shape index (κ3) is 7.66. The van der Waals surface area contributed by atoms with Crippen LogP contribution >= 0.6 is 0 Å². The van der Waals surface area contributed by atoms with Crippen molar-refractivity contribution in [1.29, 1.82) is 0 Å². The quantitative estimate of drug-likeness (QED) is 0.289. The molecule has 0 bridgehead atoms. The van der Waals surface area contributed by atoms with Crippen LogP contribution in [0.3, 0.4) is 0 Å². The summed E-state index contributed by atoms with van der Waals surface area (Å²) in [5.41, 5.74) is 2.36. The van der Waals surface area contributed by atoms with Crippen LogP contribution in [0.25, 0.3) is 0 Å². The van der Waals surface area contributed by atoms with Gasteiger partial charge in [0.25, 0.3) is 0 Å². The molecule has 1 aliphatic carbocycles. The maximum absolute atomic E-state index is 5.44. The van der Waals surface area contributed by atoms with Crippen molar-refractivity contribution in [2.75, 3.05) is 55.7 Å². The molecule has 0 spiro atoms. The molecule has 0 fully saturated rings. The fourth-order valence-electron chi connectivity index (χ4n) is 2.98. The first-order valence-electron chi connectivity index (χ1n) is 9.22. The van der Waals surface area contributed by atoms with Crippen molar-refractivity contribution in [2.24, 2.45) is 0 Å². The summed E-state index contributed by atoms with van der Waals surface area (Å²) in [5, 5.41) is 6.92. The van der Waals surface area contributed by atoms with Gasteiger partial charge in [-0.3, -0.25) is 0 Å². The standard InChI is InChI=1S/C17H36N2O6Si2/c1-20-26(21-2,22-3)13-7-11-18-16-9-10-17(15-16)19-12-8-14-27(23-4,24-5)25-6/h9,15,18-19H,7-8,10-14H2,1-6H3. The number of hydrogen-bond acceptors (Lipinski definition) is 8. The Kier molecular flexibility index (Phi) is 11.4. The van der Waals surface area contributed by atoms with Gasteiger partial charge in [-0.1, -0.05) is 6.08 Å². The van der Waals surface area contributed by atoms with Crippen LogP contribution < -0.4 is 10.6 Å². The maximum Gasteiger partial charge on any atom is 0.500 e. The first-order chi connectivity index (χ1) is 13.0. The zero-order valence-corrected chi connectivity index (χ0v) is 19.6. The second-order valence-electron chi connectivity index (χ2n) is 6.18. The molecule has 0 saturated carbocycles. The van der Waals surface area contributed by atoms with E-state index >= 15 is 0 Å². The Bertz CT molecular complexity index is 466. The number of hydrogen-bond donors (Lipinski definition) is 2. The molecule has 0 radical (unpaired) electrons. The molecular formula is C17H36N2O6Si2. The Hall–Kier alpha value is -0.726. The zero-order chi connectivity index (χ0) is 20.2. The van der Waals surface area contributed by atoms with Gasteiger partial charge in [0.1, 0.15) is 0 Å². The van der Waals surface area contributed by atoms with Crippen molar-refractivity contribution in [1.82, 2.24) is 10.6 Å². The SMILES string of the molecule is CO[Si](CCCNC1=CCC(NCCC[Si](OC)(OC)OC)=C1)(OC)OC. The third-order valence-electron chi connectivity index (χ3n) is 4.74. The fraction of sp³-hybridized carbons (Fsp3) is 0.765. The second kappa shape index (κ2) is 12.7. The summed E-state index contributed by atoms with van der Waals surface area (Å²) in [5.74, 6) is 0. The molecule has 1 aliphatic rings. The van der Waals surface area contributed by atoms with E-state index < -0.39 is 17.6 Å². The van der Waals surface area contributed by atoms with Gasteiger partial charge >= 0.3 is 17.6 Å². The molecule has 0 aromatic rings. The van der Waals surface area contributed by atoms with Crippen molar-refractivity contribution in [3.8, 4) is 0 Å². The number of nitrogens with one attached hydrogen (secondary N) is 2. The highest BCUT2D eigenvalue weighted by molar-refractivity contribution is 6.60. The molecule has 158 valence electrons. The van der Waals surface area contributed by atoms with Gasteiger partial charge in [-0.15, -0.1) is 0 Å². The van der Waals surface area contributed by atoms with Crippen LogP contribution in [-0.4, -0.2) is 73.4 Å². The first-order valence-corrected chi connectivity index (χ1v) is 13.1. The summed E-state index contributed by atoms with van der Waals surface area (Å²) < 4.78 is 32.6. The molecular weight excluding hydrogens is 384 g/mol. The molecule has 8 nitrogen and oxygen atoms in total. The van der Waals surface area contributed by atoms with Crippen LogP contribution in [0.15, 0.2) is 23.5 Å². The summed E-state index contributed by atoms with van der Waals surface area (Å²) in [6.07, 6.45) is 7.11. The highest BCUT2D eigenvalue weighted by Gasteiger charge is 2.37. The van der Waals surface area contributed by atoms with Crippen LogP contribution in [0.2, 0.25) is 12.1 Å². The minimum absolute atomic E-state index is 0.787. The molecule has 1 rings (SSSR count). The number of rotatable bonds is 16. The van der Waals surface area contributed by atoms with Crippen LogP contribution in [0.4, 0.5) is 0 Å². The predicted molar refractivity (Wildman–Crippen MR) is 109 cm³/mol. The average Bonchev–Trinajstić information content (AvgIpc) is 3.17. The molecule has 0 amide bonds. The first kappa shape index (κ1) is 24.3. The maximum atomic E-state index is 5.44. The molecule has 27 heavy (non-hydrogen) atoms. The van der Waals surface area contributed by atoms with Gasteiger partial charge in [0.2, 0.25) is 0 Å². The molecule has 10 heteroatoms. The van der Waals surface area contributed by atoms with Gasteiger partial charge < -0.3 is 37.2 Å². The Labute approximate surface area is 165 Å². The molecule has 0 unspecified atom stereocenters. The van der Waals surface area contributed by atoms with Gasteiger partial charge in [0.05, 0.1) is 0 Å². The average molecular weight is 421 g/mol. The highest BCUT2D eigenvalue weighted by atomic mass is 28.4. The molecule has 0 aromatic carbocycles. The Morgan fingerprint density at radius 3 is 1.63 bits per heavy atom. The molecule has 2 N–H and O–H groups in total. The summed E-state index contributed by atoms with van der Waals surface area (Å²) in [6.45, 7) is 1.71. The fourth-order valence-corrected chi connectivity index (χ4v) is 6.42. The molecule has 0 atom stereocenters. The van der Waals surface area contributed by atoms with E-state index in [9.17, 15) is 0 Å². The van der Waals surface area contributed by atoms with Gasteiger partial charge in [-0.2, -0.15) is 0 Å². The van der Waals surface area contributed by atoms with E-state index in [0.29, 0.717) is 0 Å². The topological polar surface area (TPSA) is 79.4 Å². The van der Waals surface area contributed by atoms with E-state index in [-0.39, 0.29) is 0 Å². The van der Waals surface area contributed by atoms with Gasteiger partial charge in [0, 0.05) is 85.7 Å². The Balaban J connectivity index is 2.25. The van der Waals surface area contributed by atoms with Gasteiger partial charge in [0.15, 0.2) is 0 Å². The van der Waals surface area contributed by atoms with Crippen molar-refractivity contribution < 1.29 is 26.6 Å². The summed E-state index contributed by atoms with van der Waals surface area (Å²) >= 11 is 0. The minimum atomic E-state index is -2.47. The van der Waals surface area contributed by atoms with Gasteiger partial charge in [-0.05, 0) is 18.9 Å². The van der Waals surface area contributed by atoms with Crippen molar-refractivity contribution >= 4 is 17.6 Å². The Morgan fingerprint density at radius 1 is 0.741 bits per heavy atom. The van der Waals surface area contributed by atoms with Crippen LogP contribution in [-0.2, 0) is 26.6 Å². The lowest BCUT2D eigenvalue weighted by Crippen LogP contribution is -2.43. The lowest BCUT2D eigenvalue weighted by atomic mass is 10.3. The lowest BCUT2D eigenvalue weighted by Gasteiger charge is -2.24. The van der Waals surface area contributed by atoms with Crippen molar-refractivity contribution in [3.05, 3.63) is 23.5 Å². The predicted octanol–water partition coefficient (Wildman–Crippen LogP) is 1.87. The summed E-state index contributed by atoms with van der Waals surface area (Å²) in [4.78, 5) is 0. The minimum Gasteiger partial charge on any atom is -0.388 e. The monoisotopic (exact) mass is 420 g/mol. The van der Waals surface area contributed by atoms with Crippen molar-refractivity contribution in [2.45, 2.75) is 31.4 Å². The van der Waals surface area contributed by atoms with Crippen LogP contribution in [0.5, 0.6) is 0 Å². The van der Waals surface area contributed by atoms with E-state index in [1.54, 1.807) is 42.7 Å². The van der Waals surface area contributed by atoms with E-state index in [2.05, 4.69) is 22.8 Å². The molecule has 0 aliphatic heterocycles. The Morgan fingerprint density at radius 2 is 1.19 bits per heavy atom. The molecule has 0 aromatic heterocycles. The highest BCUT2D eigenvalue weighted by Crippen LogP contribution is 2.17. The van der Waals surface area contributed by atoms with Crippen molar-refractivity contribution in [3.63, 3.8) is 0 Å². The largest absolute Gasteiger partial charge is 0.500 e. The number of allylic oxidation sites excluding steroid dienone is 2. The zero-order valence-electron chi connectivity index (χ0n) is 17.6. The summed E-state index contributed by atoms with van der Waals surface area (Å²) in [7, 11) is 4.93. The molecule has 0 saturated heterocycles. The third-order valence-corrected chi connectivity index (χ3v) is 10.4. The van der Waals surface area contributed by atoms with E-state index in [1.165, 1.54) is 5.70 Å².